The number of benzene rings is 1. The fraction of sp³-hybridized carbons (Fsp3) is 0.476. The molecule has 27 heavy (non-hydrogen) atoms. The number of urea groups is 1. The van der Waals surface area contributed by atoms with Gasteiger partial charge in [-0.15, -0.1) is 0 Å². The maximum absolute atomic E-state index is 13.6. The molecule has 1 aromatic heterocycles. The second kappa shape index (κ2) is 7.18. The van der Waals surface area contributed by atoms with Gasteiger partial charge in [0.05, 0.1) is 11.1 Å². The molecule has 4 rings (SSSR count). The number of nitrogens with two attached hydrogens (primary N) is 1. The molecular formula is C21H26N4O2. The summed E-state index contributed by atoms with van der Waals surface area (Å²) in [6, 6.07) is 5.74. The van der Waals surface area contributed by atoms with Crippen molar-refractivity contribution in [1.82, 2.24) is 14.8 Å². The first-order valence-electron chi connectivity index (χ1n) is 9.80. The van der Waals surface area contributed by atoms with Gasteiger partial charge in [-0.3, -0.25) is 9.78 Å². The molecule has 142 valence electrons. The number of nitrogens with zero attached hydrogens (tertiary/aromatic N) is 3. The van der Waals surface area contributed by atoms with Gasteiger partial charge in [0.1, 0.15) is 0 Å². The van der Waals surface area contributed by atoms with Crippen LogP contribution in [0.15, 0.2) is 18.2 Å². The highest BCUT2D eigenvalue weighted by Crippen LogP contribution is 2.31. The Bertz CT molecular complexity index is 909. The molecule has 1 aliphatic carbocycles. The number of carbonyl (C=O) groups is 2. The van der Waals surface area contributed by atoms with Crippen LogP contribution in [0.25, 0.3) is 10.9 Å². The van der Waals surface area contributed by atoms with E-state index >= 15 is 0 Å². The van der Waals surface area contributed by atoms with Crippen molar-refractivity contribution >= 4 is 22.8 Å². The highest BCUT2D eigenvalue weighted by atomic mass is 16.2. The Morgan fingerprint density at radius 1 is 1.00 bits per heavy atom. The van der Waals surface area contributed by atoms with Gasteiger partial charge in [-0.2, -0.15) is 0 Å². The van der Waals surface area contributed by atoms with Crippen LogP contribution in [0.5, 0.6) is 0 Å². The van der Waals surface area contributed by atoms with Gasteiger partial charge in [-0.25, -0.2) is 4.79 Å². The third-order valence-electron chi connectivity index (χ3n) is 5.73. The lowest BCUT2D eigenvalue weighted by molar-refractivity contribution is 0.0763. The maximum atomic E-state index is 13.6. The molecule has 3 amide bonds. The summed E-state index contributed by atoms with van der Waals surface area (Å²) in [5, 5.41) is 0.955. The monoisotopic (exact) mass is 366 g/mol. The highest BCUT2D eigenvalue weighted by Gasteiger charge is 2.27. The summed E-state index contributed by atoms with van der Waals surface area (Å²) < 4.78 is 0. The molecule has 0 bridgehead atoms. The summed E-state index contributed by atoms with van der Waals surface area (Å²) in [6.07, 6.45) is 4.83. The molecule has 2 aliphatic rings. The van der Waals surface area contributed by atoms with Crippen molar-refractivity contribution < 1.29 is 9.59 Å². The number of rotatable bonds is 1. The van der Waals surface area contributed by atoms with Crippen LogP contribution in [0, 0.1) is 6.92 Å². The number of aromatic nitrogens is 1. The van der Waals surface area contributed by atoms with Gasteiger partial charge in [0.15, 0.2) is 0 Å². The summed E-state index contributed by atoms with van der Waals surface area (Å²) in [4.78, 5) is 33.4. The van der Waals surface area contributed by atoms with Gasteiger partial charge >= 0.3 is 6.03 Å². The van der Waals surface area contributed by atoms with Crippen molar-refractivity contribution in [3.8, 4) is 0 Å². The molecule has 2 N–H and O–H groups in total. The zero-order chi connectivity index (χ0) is 19.0. The summed E-state index contributed by atoms with van der Waals surface area (Å²) in [6.45, 7) is 4.31. The van der Waals surface area contributed by atoms with Crippen LogP contribution in [0.3, 0.4) is 0 Å². The Morgan fingerprint density at radius 3 is 2.56 bits per heavy atom. The van der Waals surface area contributed by atoms with Gasteiger partial charge in [0.25, 0.3) is 5.91 Å². The molecule has 1 aliphatic heterocycles. The van der Waals surface area contributed by atoms with Crippen LogP contribution >= 0.6 is 0 Å². The van der Waals surface area contributed by atoms with Gasteiger partial charge in [-0.1, -0.05) is 11.6 Å². The van der Waals surface area contributed by atoms with Gasteiger partial charge in [0.2, 0.25) is 0 Å². The molecule has 1 aromatic carbocycles. The predicted octanol–water partition coefficient (Wildman–Crippen LogP) is 2.65. The molecule has 2 aromatic rings. The number of hydrogen-bond acceptors (Lipinski definition) is 3. The van der Waals surface area contributed by atoms with Crippen molar-refractivity contribution in [2.75, 3.05) is 26.2 Å². The zero-order valence-electron chi connectivity index (χ0n) is 15.8. The smallest absolute Gasteiger partial charge is 0.314 e. The van der Waals surface area contributed by atoms with Crippen LogP contribution in [0.4, 0.5) is 4.79 Å². The Morgan fingerprint density at radius 2 is 1.74 bits per heavy atom. The van der Waals surface area contributed by atoms with E-state index in [4.69, 9.17) is 10.7 Å². The fourth-order valence-electron chi connectivity index (χ4n) is 4.28. The number of aryl methyl sites for hydroxylation is 2. The lowest BCUT2D eigenvalue weighted by Crippen LogP contribution is -2.40. The van der Waals surface area contributed by atoms with Crippen LogP contribution in [-0.2, 0) is 12.8 Å². The first-order valence-corrected chi connectivity index (χ1v) is 9.80. The van der Waals surface area contributed by atoms with E-state index in [2.05, 4.69) is 12.1 Å². The van der Waals surface area contributed by atoms with Crippen LogP contribution in [0.2, 0.25) is 0 Å². The number of pyridine rings is 1. The topological polar surface area (TPSA) is 79.5 Å². The molecule has 6 nitrogen and oxygen atoms in total. The van der Waals surface area contributed by atoms with Crippen LogP contribution in [0.1, 0.15) is 46.4 Å². The second-order valence-electron chi connectivity index (χ2n) is 7.61. The third kappa shape index (κ3) is 3.36. The molecule has 1 fully saturated rings. The largest absolute Gasteiger partial charge is 0.351 e. The minimum Gasteiger partial charge on any atom is -0.351 e. The van der Waals surface area contributed by atoms with Crippen molar-refractivity contribution in [3.05, 3.63) is 40.6 Å². The Balaban J connectivity index is 1.76. The van der Waals surface area contributed by atoms with Crippen LogP contribution < -0.4 is 5.73 Å². The number of hydrogen-bond donors (Lipinski definition) is 1. The average molecular weight is 366 g/mol. The minimum atomic E-state index is -0.410. The number of carbonyl (C=O) groups excluding carboxylic acids is 2. The molecule has 0 spiro atoms. The van der Waals surface area contributed by atoms with E-state index in [0.29, 0.717) is 26.2 Å². The van der Waals surface area contributed by atoms with Crippen molar-refractivity contribution in [1.29, 1.82) is 0 Å². The molecule has 0 saturated carbocycles. The highest BCUT2D eigenvalue weighted by molar-refractivity contribution is 6.08. The quantitative estimate of drug-likeness (QED) is 0.843. The van der Waals surface area contributed by atoms with E-state index in [0.717, 1.165) is 65.4 Å². The normalized spacial score (nSPS) is 17.5. The Labute approximate surface area is 159 Å². The van der Waals surface area contributed by atoms with Gasteiger partial charge < -0.3 is 15.5 Å². The lowest BCUT2D eigenvalue weighted by atomic mass is 9.89. The number of fused-ring (bicyclic) bond motifs is 2. The molecule has 0 atom stereocenters. The molecular weight excluding hydrogens is 340 g/mol. The van der Waals surface area contributed by atoms with Gasteiger partial charge in [0, 0.05) is 37.3 Å². The van der Waals surface area contributed by atoms with Crippen molar-refractivity contribution in [3.63, 3.8) is 0 Å². The molecule has 2 heterocycles. The van der Waals surface area contributed by atoms with Crippen molar-refractivity contribution in [2.24, 2.45) is 5.73 Å². The number of amides is 3. The summed E-state index contributed by atoms with van der Waals surface area (Å²) >= 11 is 0. The van der Waals surface area contributed by atoms with E-state index in [-0.39, 0.29) is 5.91 Å². The minimum absolute atomic E-state index is 0.0671. The third-order valence-corrected chi connectivity index (χ3v) is 5.73. The molecule has 6 heteroatoms. The first kappa shape index (κ1) is 17.8. The van der Waals surface area contributed by atoms with Gasteiger partial charge in [-0.05, 0) is 56.7 Å². The molecule has 0 radical (unpaired) electrons. The predicted molar refractivity (Wildman–Crippen MR) is 105 cm³/mol. The van der Waals surface area contributed by atoms with E-state index in [1.54, 1.807) is 4.90 Å². The zero-order valence-corrected chi connectivity index (χ0v) is 15.8. The SMILES string of the molecule is Cc1ccc2nc3c(c(C(=O)N4CCCN(C(N)=O)CC4)c2c1)CCCC3. The maximum Gasteiger partial charge on any atom is 0.314 e. The standard InChI is InChI=1S/C21H26N4O2/c1-14-7-8-18-16(13-14)19(15-5-2-3-6-17(15)23-18)20(26)24-9-4-10-25(12-11-24)21(22)27/h7-8,13H,2-6,9-12H2,1H3,(H2,22,27). The summed E-state index contributed by atoms with van der Waals surface area (Å²) in [5.74, 6) is 0.0671. The van der Waals surface area contributed by atoms with Crippen molar-refractivity contribution in [2.45, 2.75) is 39.0 Å². The Hall–Kier alpha value is -2.63. The molecule has 0 unspecified atom stereocenters. The van der Waals surface area contributed by atoms with E-state index < -0.39 is 6.03 Å². The summed E-state index contributed by atoms with van der Waals surface area (Å²) in [5.41, 5.74) is 10.5. The average Bonchev–Trinajstić information content (AvgIpc) is 2.92. The van der Waals surface area contributed by atoms with E-state index in [1.807, 2.05) is 17.9 Å². The van der Waals surface area contributed by atoms with E-state index in [1.165, 1.54) is 0 Å². The Kier molecular flexibility index (Phi) is 4.72. The summed E-state index contributed by atoms with van der Waals surface area (Å²) in [7, 11) is 0. The van der Waals surface area contributed by atoms with E-state index in [9.17, 15) is 9.59 Å². The second-order valence-corrected chi connectivity index (χ2v) is 7.61. The number of primary amides is 1. The fourth-order valence-corrected chi connectivity index (χ4v) is 4.28. The molecule has 1 saturated heterocycles. The lowest BCUT2D eigenvalue weighted by Gasteiger charge is -2.26. The first-order chi connectivity index (χ1) is 13.0. The van der Waals surface area contributed by atoms with Crippen LogP contribution in [-0.4, -0.2) is 52.9 Å².